The number of carbonyl (C=O) groups excluding carboxylic acids is 3. The van der Waals surface area contributed by atoms with Crippen molar-refractivity contribution in [3.05, 3.63) is 47.6 Å². The zero-order valence-electron chi connectivity index (χ0n) is 19.9. The Morgan fingerprint density at radius 2 is 1.85 bits per heavy atom. The third kappa shape index (κ3) is 4.93. The smallest absolute Gasteiger partial charge is 0.181 e. The van der Waals surface area contributed by atoms with Crippen LogP contribution in [0.15, 0.2) is 47.6 Å². The molecule has 0 aromatic carbocycles. The quantitative estimate of drug-likeness (QED) is 0.588. The van der Waals surface area contributed by atoms with Gasteiger partial charge in [-0.3, -0.25) is 14.4 Å². The van der Waals surface area contributed by atoms with Crippen LogP contribution in [0, 0.1) is 0 Å². The molecule has 2 aliphatic carbocycles. The van der Waals surface area contributed by atoms with Crippen molar-refractivity contribution >= 4 is 17.3 Å². The fourth-order valence-electron chi connectivity index (χ4n) is 5.69. The predicted octanol–water partition coefficient (Wildman–Crippen LogP) is 3.19. The van der Waals surface area contributed by atoms with E-state index in [2.05, 4.69) is 0 Å². The van der Waals surface area contributed by atoms with Gasteiger partial charge in [-0.15, -0.1) is 0 Å². The van der Waals surface area contributed by atoms with Crippen molar-refractivity contribution in [2.75, 3.05) is 0 Å². The molecule has 34 heavy (non-hydrogen) atoms. The van der Waals surface area contributed by atoms with Gasteiger partial charge in [0.1, 0.15) is 17.0 Å². The highest BCUT2D eigenvalue weighted by Gasteiger charge is 2.52. The maximum Gasteiger partial charge on any atom is 0.181 e. The van der Waals surface area contributed by atoms with Crippen LogP contribution in [0.4, 0.5) is 0 Å². The van der Waals surface area contributed by atoms with Crippen molar-refractivity contribution in [2.45, 2.75) is 101 Å². The molecule has 2 aliphatic heterocycles. The number of carbonyl (C=O) groups is 3. The lowest BCUT2D eigenvalue weighted by Crippen LogP contribution is -2.48. The first kappa shape index (κ1) is 24.9. The Hall–Kier alpha value is -2.19. The van der Waals surface area contributed by atoms with Crippen LogP contribution in [0.2, 0.25) is 0 Å². The molecule has 2 heterocycles. The third-order valence-corrected chi connectivity index (χ3v) is 7.49. The van der Waals surface area contributed by atoms with Crippen molar-refractivity contribution < 1.29 is 34.1 Å². The molecule has 7 nitrogen and oxygen atoms in total. The van der Waals surface area contributed by atoms with Gasteiger partial charge >= 0.3 is 0 Å². The summed E-state index contributed by atoms with van der Waals surface area (Å²) in [6, 6.07) is 0. The minimum Gasteiger partial charge on any atom is -0.393 e. The molecule has 4 atom stereocenters. The Kier molecular flexibility index (Phi) is 6.93. The van der Waals surface area contributed by atoms with Crippen LogP contribution in [0.3, 0.4) is 0 Å². The Bertz CT molecular complexity index is 971. The van der Waals surface area contributed by atoms with E-state index in [1.165, 1.54) is 18.2 Å². The second-order valence-corrected chi connectivity index (χ2v) is 9.90. The van der Waals surface area contributed by atoms with Crippen LogP contribution in [0.25, 0.3) is 0 Å². The molecule has 0 saturated carbocycles. The first-order valence-electron chi connectivity index (χ1n) is 12.3. The summed E-state index contributed by atoms with van der Waals surface area (Å²) in [7, 11) is 0. The molecule has 2 unspecified atom stereocenters. The van der Waals surface area contributed by atoms with Gasteiger partial charge in [0.05, 0.1) is 12.2 Å². The van der Waals surface area contributed by atoms with Gasteiger partial charge in [0, 0.05) is 37.7 Å². The molecule has 0 radical (unpaired) electrons. The lowest BCUT2D eigenvalue weighted by atomic mass is 9.78. The summed E-state index contributed by atoms with van der Waals surface area (Å²) in [5.41, 5.74) is -0.634. The highest BCUT2D eigenvalue weighted by atomic mass is 16.7. The van der Waals surface area contributed by atoms with Gasteiger partial charge in [-0.2, -0.15) is 0 Å². The number of hydrogen-bond donors (Lipinski definition) is 2. The molecule has 2 fully saturated rings. The first-order chi connectivity index (χ1) is 16.1. The van der Waals surface area contributed by atoms with E-state index in [0.29, 0.717) is 49.7 Å². The summed E-state index contributed by atoms with van der Waals surface area (Å²) in [5.74, 6) is -1.29. The van der Waals surface area contributed by atoms with E-state index < -0.39 is 29.2 Å². The van der Waals surface area contributed by atoms with Gasteiger partial charge in [-0.25, -0.2) is 0 Å². The van der Waals surface area contributed by atoms with E-state index in [-0.39, 0.29) is 36.6 Å². The molecule has 2 spiro atoms. The fourth-order valence-corrected chi connectivity index (χ4v) is 5.69. The molecule has 0 amide bonds. The summed E-state index contributed by atoms with van der Waals surface area (Å²) in [4.78, 5) is 36.8. The van der Waals surface area contributed by atoms with Crippen LogP contribution in [-0.2, 0) is 23.9 Å². The van der Waals surface area contributed by atoms with Crippen molar-refractivity contribution in [3.63, 3.8) is 0 Å². The van der Waals surface area contributed by atoms with Gasteiger partial charge in [0.15, 0.2) is 17.4 Å². The summed E-state index contributed by atoms with van der Waals surface area (Å²) in [6.45, 7) is 3.77. The first-order valence-corrected chi connectivity index (χ1v) is 12.3. The van der Waals surface area contributed by atoms with Crippen molar-refractivity contribution in [1.82, 2.24) is 0 Å². The number of ketones is 3. The number of allylic oxidation sites excluding steroid dienone is 4. The van der Waals surface area contributed by atoms with Gasteiger partial charge in [-0.05, 0) is 67.7 Å². The van der Waals surface area contributed by atoms with E-state index >= 15 is 0 Å². The van der Waals surface area contributed by atoms with Gasteiger partial charge in [0.25, 0.3) is 0 Å². The minimum atomic E-state index is -1.13. The van der Waals surface area contributed by atoms with Crippen molar-refractivity contribution in [3.8, 4) is 0 Å². The minimum absolute atomic E-state index is 0.0599. The number of hydrogen-bond acceptors (Lipinski definition) is 7. The second-order valence-electron chi connectivity index (χ2n) is 9.90. The van der Waals surface area contributed by atoms with Gasteiger partial charge in [-0.1, -0.05) is 13.8 Å². The molecule has 0 aromatic heterocycles. The molecule has 7 heteroatoms. The molecule has 184 valence electrons. The van der Waals surface area contributed by atoms with Gasteiger partial charge in [0.2, 0.25) is 0 Å². The highest BCUT2D eigenvalue weighted by Crippen LogP contribution is 2.47. The molecule has 4 rings (SSSR count). The van der Waals surface area contributed by atoms with E-state index in [1.54, 1.807) is 18.2 Å². The predicted molar refractivity (Wildman–Crippen MR) is 125 cm³/mol. The van der Waals surface area contributed by atoms with Crippen molar-refractivity contribution in [2.24, 2.45) is 0 Å². The molecular weight excluding hydrogens is 436 g/mol. The number of rotatable bonds is 7. The molecule has 2 saturated heterocycles. The van der Waals surface area contributed by atoms with Gasteiger partial charge < -0.3 is 19.7 Å². The molecule has 2 N–H and O–H groups in total. The lowest BCUT2D eigenvalue weighted by Gasteiger charge is -2.41. The maximum atomic E-state index is 12.9. The molecule has 0 bridgehead atoms. The topological polar surface area (TPSA) is 110 Å². The van der Waals surface area contributed by atoms with E-state index in [1.807, 2.05) is 13.8 Å². The average Bonchev–Trinajstić information content (AvgIpc) is 3.12. The zero-order chi connectivity index (χ0) is 24.6. The van der Waals surface area contributed by atoms with E-state index in [0.717, 1.165) is 0 Å². The van der Waals surface area contributed by atoms with Crippen molar-refractivity contribution in [1.29, 1.82) is 0 Å². The Balaban J connectivity index is 1.39. The van der Waals surface area contributed by atoms with Crippen LogP contribution >= 0.6 is 0 Å². The third-order valence-electron chi connectivity index (χ3n) is 7.49. The largest absolute Gasteiger partial charge is 0.393 e. The number of ether oxygens (including phenoxy) is 2. The van der Waals surface area contributed by atoms with Crippen LogP contribution in [0.1, 0.15) is 71.6 Å². The lowest BCUT2D eigenvalue weighted by molar-refractivity contribution is -0.290. The van der Waals surface area contributed by atoms with Crippen LogP contribution in [-0.4, -0.2) is 56.8 Å². The normalized spacial score (nSPS) is 34.6. The summed E-state index contributed by atoms with van der Waals surface area (Å²) in [5, 5.41) is 21.4. The van der Waals surface area contributed by atoms with E-state index in [9.17, 15) is 24.6 Å². The standard InChI is InChI=1S/C27H34O7/c1-3-23-22(24(31)9-12-26(23,32)4-2)6-5-19(29)15-21-16-20(30)17-27(33-21)14-13-25(34-27)10-7-18(28)8-11-25/h7-12,20-21,30,32H,3-6,13-17H2,1-2H3/t20?,21-,26?,27-/m1/s1. The number of aliphatic hydroxyl groups is 2. The SMILES string of the molecule is CCC1=C(CCC(=O)C[C@@H]2CC(O)C[C@]3(CCC4(C=CC(=O)C=C4)O3)O2)C(=O)C=CC1(O)CC. The Morgan fingerprint density at radius 1 is 1.12 bits per heavy atom. The zero-order valence-corrected chi connectivity index (χ0v) is 19.9. The Labute approximate surface area is 200 Å². The fraction of sp³-hybridized carbons (Fsp3) is 0.593. The number of aliphatic hydroxyl groups excluding tert-OH is 1. The van der Waals surface area contributed by atoms with E-state index in [4.69, 9.17) is 9.47 Å². The molecular formula is C27H34O7. The average molecular weight is 471 g/mol. The van der Waals surface area contributed by atoms with Crippen LogP contribution in [0.5, 0.6) is 0 Å². The van der Waals surface area contributed by atoms with Crippen LogP contribution < -0.4 is 0 Å². The molecule has 4 aliphatic rings. The monoisotopic (exact) mass is 470 g/mol. The Morgan fingerprint density at radius 3 is 2.53 bits per heavy atom. The summed E-state index contributed by atoms with van der Waals surface area (Å²) < 4.78 is 12.5. The molecule has 0 aromatic rings. The maximum absolute atomic E-state index is 12.9. The summed E-state index contributed by atoms with van der Waals surface area (Å²) >= 11 is 0. The number of Topliss-reactive ketones (excluding diaryl/α,β-unsaturated/α-hetero) is 1. The summed E-state index contributed by atoms with van der Waals surface area (Å²) in [6.07, 6.45) is 11.7. The highest BCUT2D eigenvalue weighted by molar-refractivity contribution is 6.06. The second kappa shape index (κ2) is 9.46.